The van der Waals surface area contributed by atoms with Crippen molar-refractivity contribution in [2.45, 2.75) is 12.6 Å². The molecule has 5 heteroatoms. The zero-order valence-corrected chi connectivity index (χ0v) is 12.0. The molecule has 18 heavy (non-hydrogen) atoms. The third-order valence-electron chi connectivity index (χ3n) is 2.81. The van der Waals surface area contributed by atoms with E-state index in [1.807, 2.05) is 12.1 Å². The number of hydrogen-bond acceptors (Lipinski definition) is 4. The second-order valence-electron chi connectivity index (χ2n) is 4.15. The van der Waals surface area contributed by atoms with Gasteiger partial charge in [-0.05, 0) is 18.2 Å². The Balaban J connectivity index is 1.83. The number of rotatable bonds is 5. The summed E-state index contributed by atoms with van der Waals surface area (Å²) < 4.78 is 17.3. The van der Waals surface area contributed by atoms with E-state index in [0.717, 1.165) is 28.9 Å². The van der Waals surface area contributed by atoms with Gasteiger partial charge in [-0.25, -0.2) is 0 Å². The fraction of sp³-hybridized carbons (Fsp3) is 0.538. The quantitative estimate of drug-likeness (QED) is 0.901. The van der Waals surface area contributed by atoms with Crippen molar-refractivity contribution in [3.8, 4) is 5.75 Å². The second kappa shape index (κ2) is 7.09. The van der Waals surface area contributed by atoms with Gasteiger partial charge in [0.25, 0.3) is 0 Å². The Morgan fingerprint density at radius 3 is 3.06 bits per heavy atom. The normalized spacial score (nSPS) is 19.8. The second-order valence-corrected chi connectivity index (χ2v) is 5.07. The molecule has 4 nitrogen and oxygen atoms in total. The molecule has 1 aromatic rings. The first-order chi connectivity index (χ1) is 8.79. The molecule has 0 spiro atoms. The van der Waals surface area contributed by atoms with E-state index in [9.17, 15) is 0 Å². The molecular weight excluding hydrogens is 298 g/mol. The van der Waals surface area contributed by atoms with Gasteiger partial charge >= 0.3 is 0 Å². The van der Waals surface area contributed by atoms with Crippen LogP contribution in [0, 0.1) is 0 Å². The first-order valence-electron chi connectivity index (χ1n) is 6.02. The largest absolute Gasteiger partial charge is 0.496 e. The fourth-order valence-electron chi connectivity index (χ4n) is 1.91. The Kier molecular flexibility index (Phi) is 5.44. The van der Waals surface area contributed by atoms with Crippen LogP contribution in [0.5, 0.6) is 5.75 Å². The average Bonchev–Trinajstić information content (AvgIpc) is 2.40. The van der Waals surface area contributed by atoms with E-state index < -0.39 is 0 Å². The van der Waals surface area contributed by atoms with E-state index in [2.05, 4.69) is 27.3 Å². The van der Waals surface area contributed by atoms with Gasteiger partial charge in [-0.2, -0.15) is 0 Å². The lowest BCUT2D eigenvalue weighted by Gasteiger charge is -2.23. The molecule has 1 unspecified atom stereocenters. The van der Waals surface area contributed by atoms with Crippen LogP contribution in [0.4, 0.5) is 0 Å². The standard InChI is InChI=1S/C13H18BrNO3/c1-16-13-3-2-11(14)6-10(13)7-15-8-12-9-17-4-5-18-12/h2-3,6,12,15H,4-5,7-9H2,1H3. The van der Waals surface area contributed by atoms with Crippen LogP contribution >= 0.6 is 15.9 Å². The first kappa shape index (κ1) is 13.8. The number of hydrogen-bond donors (Lipinski definition) is 1. The fourth-order valence-corrected chi connectivity index (χ4v) is 2.32. The molecule has 0 aliphatic carbocycles. The van der Waals surface area contributed by atoms with Crippen LogP contribution in [-0.4, -0.2) is 39.6 Å². The molecule has 1 aromatic carbocycles. The molecule has 2 rings (SSSR count). The monoisotopic (exact) mass is 315 g/mol. The third-order valence-corrected chi connectivity index (χ3v) is 3.31. The summed E-state index contributed by atoms with van der Waals surface area (Å²) in [6, 6.07) is 5.99. The van der Waals surface area contributed by atoms with Crippen LogP contribution in [-0.2, 0) is 16.0 Å². The Labute approximate surface area is 116 Å². The molecule has 1 saturated heterocycles. The van der Waals surface area contributed by atoms with Gasteiger partial charge in [0.15, 0.2) is 0 Å². The molecule has 1 N–H and O–H groups in total. The topological polar surface area (TPSA) is 39.7 Å². The zero-order valence-electron chi connectivity index (χ0n) is 10.4. The Morgan fingerprint density at radius 2 is 2.33 bits per heavy atom. The number of ether oxygens (including phenoxy) is 3. The smallest absolute Gasteiger partial charge is 0.123 e. The van der Waals surface area contributed by atoms with Crippen molar-refractivity contribution in [3.05, 3.63) is 28.2 Å². The van der Waals surface area contributed by atoms with Crippen LogP contribution in [0.2, 0.25) is 0 Å². The van der Waals surface area contributed by atoms with Crippen molar-refractivity contribution in [2.24, 2.45) is 0 Å². The molecule has 0 saturated carbocycles. The molecule has 0 aromatic heterocycles. The number of methoxy groups -OCH3 is 1. The van der Waals surface area contributed by atoms with Crippen molar-refractivity contribution in [3.63, 3.8) is 0 Å². The van der Waals surface area contributed by atoms with E-state index in [-0.39, 0.29) is 6.10 Å². The lowest BCUT2D eigenvalue weighted by Crippen LogP contribution is -2.37. The number of benzene rings is 1. The highest BCUT2D eigenvalue weighted by molar-refractivity contribution is 9.10. The van der Waals surface area contributed by atoms with Gasteiger partial charge in [-0.1, -0.05) is 15.9 Å². The molecule has 1 atom stereocenters. The molecule has 1 heterocycles. The van der Waals surface area contributed by atoms with Crippen LogP contribution in [0.25, 0.3) is 0 Å². The van der Waals surface area contributed by atoms with Crippen molar-refractivity contribution in [1.29, 1.82) is 0 Å². The summed E-state index contributed by atoms with van der Waals surface area (Å²) in [6.45, 7) is 3.60. The molecule has 1 fully saturated rings. The highest BCUT2D eigenvalue weighted by atomic mass is 79.9. The molecule has 1 aliphatic rings. The summed E-state index contributed by atoms with van der Waals surface area (Å²) in [4.78, 5) is 0. The lowest BCUT2D eigenvalue weighted by molar-refractivity contribution is -0.0864. The predicted molar refractivity (Wildman–Crippen MR) is 73.0 cm³/mol. The zero-order chi connectivity index (χ0) is 12.8. The van der Waals surface area contributed by atoms with E-state index in [0.29, 0.717) is 19.8 Å². The number of nitrogens with one attached hydrogen (secondary N) is 1. The van der Waals surface area contributed by atoms with Gasteiger partial charge in [-0.3, -0.25) is 0 Å². The van der Waals surface area contributed by atoms with E-state index >= 15 is 0 Å². The maximum absolute atomic E-state index is 5.57. The molecule has 0 radical (unpaired) electrons. The molecule has 0 amide bonds. The molecular formula is C13H18BrNO3. The van der Waals surface area contributed by atoms with Gasteiger partial charge < -0.3 is 19.5 Å². The average molecular weight is 316 g/mol. The van der Waals surface area contributed by atoms with Crippen LogP contribution in [0.1, 0.15) is 5.56 Å². The van der Waals surface area contributed by atoms with E-state index in [1.165, 1.54) is 0 Å². The molecule has 0 bridgehead atoms. The summed E-state index contributed by atoms with van der Waals surface area (Å²) >= 11 is 3.47. The van der Waals surface area contributed by atoms with Crippen molar-refractivity contribution in [1.82, 2.24) is 5.32 Å². The summed E-state index contributed by atoms with van der Waals surface area (Å²) in [5, 5.41) is 3.37. The summed E-state index contributed by atoms with van der Waals surface area (Å²) in [5.74, 6) is 0.895. The van der Waals surface area contributed by atoms with Gasteiger partial charge in [-0.15, -0.1) is 0 Å². The highest BCUT2D eigenvalue weighted by Gasteiger charge is 2.13. The van der Waals surface area contributed by atoms with Gasteiger partial charge in [0.2, 0.25) is 0 Å². The third kappa shape index (κ3) is 3.95. The SMILES string of the molecule is COc1ccc(Br)cc1CNCC1COCCO1. The lowest BCUT2D eigenvalue weighted by atomic mass is 10.2. The van der Waals surface area contributed by atoms with Gasteiger partial charge in [0, 0.05) is 23.1 Å². The summed E-state index contributed by atoms with van der Waals surface area (Å²) in [7, 11) is 1.69. The summed E-state index contributed by atoms with van der Waals surface area (Å²) in [5.41, 5.74) is 1.13. The van der Waals surface area contributed by atoms with Crippen LogP contribution < -0.4 is 10.1 Å². The minimum Gasteiger partial charge on any atom is -0.496 e. The van der Waals surface area contributed by atoms with E-state index in [4.69, 9.17) is 14.2 Å². The molecule has 100 valence electrons. The maximum atomic E-state index is 5.57. The van der Waals surface area contributed by atoms with Crippen molar-refractivity contribution >= 4 is 15.9 Å². The minimum absolute atomic E-state index is 0.150. The minimum atomic E-state index is 0.150. The summed E-state index contributed by atoms with van der Waals surface area (Å²) in [6.07, 6.45) is 0.150. The maximum Gasteiger partial charge on any atom is 0.123 e. The van der Waals surface area contributed by atoms with Crippen LogP contribution in [0.3, 0.4) is 0 Å². The Morgan fingerprint density at radius 1 is 1.44 bits per heavy atom. The molecule has 1 aliphatic heterocycles. The number of halogens is 1. The van der Waals surface area contributed by atoms with Crippen molar-refractivity contribution in [2.75, 3.05) is 33.5 Å². The Bertz CT molecular complexity index is 380. The van der Waals surface area contributed by atoms with Crippen LogP contribution in [0.15, 0.2) is 22.7 Å². The predicted octanol–water partition coefficient (Wildman–Crippen LogP) is 1.96. The van der Waals surface area contributed by atoms with Gasteiger partial charge in [0.1, 0.15) is 5.75 Å². The Hall–Kier alpha value is -0.620. The van der Waals surface area contributed by atoms with E-state index in [1.54, 1.807) is 7.11 Å². The first-order valence-corrected chi connectivity index (χ1v) is 6.81. The van der Waals surface area contributed by atoms with Crippen molar-refractivity contribution < 1.29 is 14.2 Å². The highest BCUT2D eigenvalue weighted by Crippen LogP contribution is 2.22. The van der Waals surface area contributed by atoms with Gasteiger partial charge in [0.05, 0.1) is 33.0 Å².